The van der Waals surface area contributed by atoms with Crippen LogP contribution in [0.15, 0.2) is 29.2 Å². The Labute approximate surface area is 112 Å². The zero-order valence-electron chi connectivity index (χ0n) is 10.5. The lowest BCUT2D eigenvalue weighted by Gasteiger charge is -2.47. The molecule has 1 aliphatic carbocycles. The predicted molar refractivity (Wildman–Crippen MR) is 73.9 cm³/mol. The Morgan fingerprint density at radius 3 is 2.78 bits per heavy atom. The fraction of sp³-hybridized carbons (Fsp3) is 0.600. The number of nitrogens with zero attached hydrogens (tertiary/aromatic N) is 1. The predicted octanol–water partition coefficient (Wildman–Crippen LogP) is 2.16. The number of β-amino-alcohol motifs (C(OH)–C–C–N with tert-alkyl or cyclic N) is 1. The van der Waals surface area contributed by atoms with Crippen molar-refractivity contribution >= 4 is 11.8 Å². The maximum absolute atomic E-state index is 10.3. The van der Waals surface area contributed by atoms with Crippen molar-refractivity contribution in [3.63, 3.8) is 0 Å². The molecule has 1 N–H and O–H groups in total. The van der Waals surface area contributed by atoms with Crippen molar-refractivity contribution in [1.29, 1.82) is 0 Å². The molecule has 1 aromatic rings. The second-order valence-electron chi connectivity index (χ2n) is 6.10. The van der Waals surface area contributed by atoms with E-state index in [-0.39, 0.29) is 5.60 Å². The quantitative estimate of drug-likeness (QED) is 0.902. The van der Waals surface area contributed by atoms with Crippen LogP contribution in [0.1, 0.15) is 18.4 Å². The third kappa shape index (κ3) is 1.89. The van der Waals surface area contributed by atoms with Gasteiger partial charge in [-0.1, -0.05) is 18.2 Å². The summed E-state index contributed by atoms with van der Waals surface area (Å²) in [6.45, 7) is 2.95. The minimum Gasteiger partial charge on any atom is -0.387 e. The van der Waals surface area contributed by atoms with Gasteiger partial charge in [-0.05, 0) is 36.8 Å². The summed E-state index contributed by atoms with van der Waals surface area (Å²) in [5.41, 5.74) is 1.18. The van der Waals surface area contributed by atoms with E-state index >= 15 is 0 Å². The molecule has 1 aromatic carbocycles. The minimum absolute atomic E-state index is 0.323. The molecule has 4 rings (SSSR count). The zero-order valence-corrected chi connectivity index (χ0v) is 11.3. The van der Waals surface area contributed by atoms with Crippen molar-refractivity contribution in [2.45, 2.75) is 35.0 Å². The summed E-state index contributed by atoms with van der Waals surface area (Å²) in [5.74, 6) is 0.613. The molecule has 0 spiro atoms. The van der Waals surface area contributed by atoms with Gasteiger partial charge < -0.3 is 5.11 Å². The van der Waals surface area contributed by atoms with Gasteiger partial charge in [-0.25, -0.2) is 0 Å². The van der Waals surface area contributed by atoms with Gasteiger partial charge in [-0.3, -0.25) is 4.90 Å². The second-order valence-corrected chi connectivity index (χ2v) is 7.44. The van der Waals surface area contributed by atoms with Gasteiger partial charge in [0, 0.05) is 29.8 Å². The Hall–Kier alpha value is -0.510. The summed E-state index contributed by atoms with van der Waals surface area (Å²) in [5, 5.41) is 11.0. The van der Waals surface area contributed by atoms with Crippen LogP contribution in [-0.4, -0.2) is 40.5 Å². The van der Waals surface area contributed by atoms with Crippen molar-refractivity contribution in [3.05, 3.63) is 29.8 Å². The molecule has 0 radical (unpaired) electrons. The van der Waals surface area contributed by atoms with E-state index in [1.807, 2.05) is 11.8 Å². The zero-order chi connectivity index (χ0) is 12.2. The van der Waals surface area contributed by atoms with Crippen molar-refractivity contribution in [3.8, 4) is 0 Å². The van der Waals surface area contributed by atoms with Gasteiger partial charge in [-0.15, -0.1) is 11.8 Å². The van der Waals surface area contributed by atoms with Crippen molar-refractivity contribution < 1.29 is 5.11 Å². The summed E-state index contributed by atoms with van der Waals surface area (Å²) in [4.78, 5) is 3.89. The second kappa shape index (κ2) is 3.99. The lowest BCUT2D eigenvalue weighted by Crippen LogP contribution is -2.64. The lowest BCUT2D eigenvalue weighted by molar-refractivity contribution is -0.112. The first-order valence-electron chi connectivity index (χ1n) is 6.92. The number of fused-ring (bicyclic) bond motifs is 1. The molecule has 1 saturated heterocycles. The van der Waals surface area contributed by atoms with Gasteiger partial charge in [0.2, 0.25) is 0 Å². The van der Waals surface area contributed by atoms with E-state index in [0.29, 0.717) is 11.2 Å². The van der Waals surface area contributed by atoms with E-state index in [0.717, 1.165) is 19.6 Å². The molecule has 1 saturated carbocycles. The molecule has 1 unspecified atom stereocenters. The number of aliphatic hydroxyl groups is 1. The highest BCUT2D eigenvalue weighted by molar-refractivity contribution is 8.00. The third-order valence-electron chi connectivity index (χ3n) is 4.51. The Morgan fingerprint density at radius 2 is 2.06 bits per heavy atom. The number of thioether (sulfide) groups is 1. The van der Waals surface area contributed by atoms with Gasteiger partial charge in [0.25, 0.3) is 0 Å². The Morgan fingerprint density at radius 1 is 1.28 bits per heavy atom. The first-order chi connectivity index (χ1) is 8.73. The minimum atomic E-state index is -0.323. The molecule has 0 bridgehead atoms. The van der Waals surface area contributed by atoms with Crippen LogP contribution in [0.3, 0.4) is 0 Å². The SMILES string of the molecule is OC1(C2CC2)CN(CC2Cc3ccccc3S2)C1. The molecular weight excluding hydrogens is 242 g/mol. The highest BCUT2D eigenvalue weighted by Crippen LogP contribution is 2.45. The molecule has 96 valence electrons. The van der Waals surface area contributed by atoms with Crippen molar-refractivity contribution in [2.24, 2.45) is 5.92 Å². The van der Waals surface area contributed by atoms with E-state index in [1.165, 1.54) is 29.7 Å². The maximum atomic E-state index is 10.3. The summed E-state index contributed by atoms with van der Waals surface area (Å²) >= 11 is 2.01. The molecule has 0 amide bonds. The van der Waals surface area contributed by atoms with E-state index in [9.17, 15) is 5.11 Å². The van der Waals surface area contributed by atoms with Crippen LogP contribution in [0, 0.1) is 5.92 Å². The summed E-state index contributed by atoms with van der Waals surface area (Å²) in [6.07, 6.45) is 3.68. The van der Waals surface area contributed by atoms with Crippen molar-refractivity contribution in [1.82, 2.24) is 4.90 Å². The largest absolute Gasteiger partial charge is 0.387 e. The topological polar surface area (TPSA) is 23.5 Å². The average Bonchev–Trinajstić information content (AvgIpc) is 3.08. The summed E-state index contributed by atoms with van der Waals surface area (Å²) < 4.78 is 0. The van der Waals surface area contributed by atoms with Crippen LogP contribution in [-0.2, 0) is 6.42 Å². The van der Waals surface area contributed by atoms with Crippen LogP contribution < -0.4 is 0 Å². The molecule has 3 aliphatic rings. The van der Waals surface area contributed by atoms with Gasteiger partial charge in [0.15, 0.2) is 0 Å². The Bertz CT molecular complexity index is 440. The third-order valence-corrected chi connectivity index (χ3v) is 5.81. The highest BCUT2D eigenvalue weighted by Gasteiger charge is 2.52. The lowest BCUT2D eigenvalue weighted by atomic mass is 9.88. The van der Waals surface area contributed by atoms with E-state index in [2.05, 4.69) is 29.2 Å². The van der Waals surface area contributed by atoms with Crippen LogP contribution >= 0.6 is 11.8 Å². The summed E-state index contributed by atoms with van der Waals surface area (Å²) in [6, 6.07) is 8.75. The first kappa shape index (κ1) is 11.3. The molecule has 0 aromatic heterocycles. The number of hydrogen-bond donors (Lipinski definition) is 1. The smallest absolute Gasteiger partial charge is 0.0928 e. The van der Waals surface area contributed by atoms with Crippen LogP contribution in [0.2, 0.25) is 0 Å². The van der Waals surface area contributed by atoms with Crippen LogP contribution in [0.4, 0.5) is 0 Å². The fourth-order valence-corrected chi connectivity index (χ4v) is 4.75. The number of benzene rings is 1. The molecule has 1 atom stereocenters. The first-order valence-corrected chi connectivity index (χ1v) is 7.80. The highest BCUT2D eigenvalue weighted by atomic mass is 32.2. The molecular formula is C15H19NOS. The number of rotatable bonds is 3. The Balaban J connectivity index is 1.33. The van der Waals surface area contributed by atoms with Gasteiger partial charge in [-0.2, -0.15) is 0 Å². The van der Waals surface area contributed by atoms with Gasteiger partial charge in [0.1, 0.15) is 0 Å². The van der Waals surface area contributed by atoms with E-state index < -0.39 is 0 Å². The molecule has 2 aliphatic heterocycles. The Kier molecular flexibility index (Phi) is 2.51. The molecule has 3 heteroatoms. The number of likely N-dealkylation sites (tertiary alicyclic amines) is 1. The van der Waals surface area contributed by atoms with Gasteiger partial charge >= 0.3 is 0 Å². The fourth-order valence-electron chi connectivity index (χ4n) is 3.38. The van der Waals surface area contributed by atoms with Crippen LogP contribution in [0.5, 0.6) is 0 Å². The molecule has 2 heterocycles. The van der Waals surface area contributed by atoms with Crippen LogP contribution in [0.25, 0.3) is 0 Å². The maximum Gasteiger partial charge on any atom is 0.0928 e. The summed E-state index contributed by atoms with van der Waals surface area (Å²) in [7, 11) is 0. The standard InChI is InChI=1S/C15H19NOS/c17-15(12-5-6-12)9-16(10-15)8-13-7-11-3-1-2-4-14(11)18-13/h1-4,12-13,17H,5-10H2. The molecule has 18 heavy (non-hydrogen) atoms. The molecule has 2 nitrogen and oxygen atoms in total. The normalized spacial score (nSPS) is 29.9. The van der Waals surface area contributed by atoms with Crippen molar-refractivity contribution in [2.75, 3.05) is 19.6 Å². The average molecular weight is 261 g/mol. The molecule has 2 fully saturated rings. The monoisotopic (exact) mass is 261 g/mol. The van der Waals surface area contributed by atoms with Gasteiger partial charge in [0.05, 0.1) is 5.60 Å². The van der Waals surface area contributed by atoms with E-state index in [1.54, 1.807) is 0 Å². The number of hydrogen-bond acceptors (Lipinski definition) is 3. The van der Waals surface area contributed by atoms with E-state index in [4.69, 9.17) is 0 Å².